The van der Waals surface area contributed by atoms with Crippen molar-refractivity contribution in [1.29, 1.82) is 0 Å². The SMILES string of the molecule is CN(C)c1nnnn1-c1ncc(C(F)(F)F)cc1Cl. The highest BCUT2D eigenvalue weighted by Crippen LogP contribution is 2.32. The van der Waals surface area contributed by atoms with Gasteiger partial charge in [0, 0.05) is 20.3 Å². The quantitative estimate of drug-likeness (QED) is 0.844. The molecule has 0 saturated heterocycles. The molecule has 10 heteroatoms. The lowest BCUT2D eigenvalue weighted by Crippen LogP contribution is -2.16. The van der Waals surface area contributed by atoms with E-state index in [0.29, 0.717) is 12.1 Å². The van der Waals surface area contributed by atoms with Gasteiger partial charge in [0.2, 0.25) is 0 Å². The maximum absolute atomic E-state index is 12.5. The lowest BCUT2D eigenvalue weighted by molar-refractivity contribution is -0.137. The molecule has 2 aromatic heterocycles. The van der Waals surface area contributed by atoms with Crippen LogP contribution in [0.2, 0.25) is 5.02 Å². The number of hydrogen-bond acceptors (Lipinski definition) is 5. The van der Waals surface area contributed by atoms with Crippen LogP contribution in [0.25, 0.3) is 5.82 Å². The van der Waals surface area contributed by atoms with Crippen LogP contribution in [0.1, 0.15) is 5.56 Å². The third-order valence-corrected chi connectivity index (χ3v) is 2.48. The van der Waals surface area contributed by atoms with Crippen LogP contribution in [0.5, 0.6) is 0 Å². The molecule has 0 unspecified atom stereocenters. The molecule has 6 nitrogen and oxygen atoms in total. The zero-order chi connectivity index (χ0) is 14.2. The fourth-order valence-electron chi connectivity index (χ4n) is 1.34. The van der Waals surface area contributed by atoms with E-state index in [4.69, 9.17) is 11.6 Å². The van der Waals surface area contributed by atoms with Crippen LogP contribution >= 0.6 is 11.6 Å². The Kier molecular flexibility index (Phi) is 3.31. The standard InChI is InChI=1S/C9H8ClF3N6/c1-18(2)8-15-16-17-19(8)7-6(10)3-5(4-14-7)9(11,12)13/h3-4H,1-2H3. The summed E-state index contributed by atoms with van der Waals surface area (Å²) in [6, 6.07) is 0.783. The molecule has 0 aromatic carbocycles. The Labute approximate surface area is 110 Å². The summed E-state index contributed by atoms with van der Waals surface area (Å²) < 4.78 is 38.6. The van der Waals surface area contributed by atoms with Gasteiger partial charge in [-0.15, -0.1) is 0 Å². The minimum absolute atomic E-state index is 0.0309. The van der Waals surface area contributed by atoms with Crippen molar-refractivity contribution in [1.82, 2.24) is 25.2 Å². The molecule has 0 spiro atoms. The van der Waals surface area contributed by atoms with Gasteiger partial charge < -0.3 is 4.90 Å². The Balaban J connectivity index is 2.50. The third kappa shape index (κ3) is 2.60. The summed E-state index contributed by atoms with van der Waals surface area (Å²) in [5.41, 5.74) is -0.930. The number of aromatic nitrogens is 5. The first-order valence-corrected chi connectivity index (χ1v) is 5.37. The molecule has 102 valence electrons. The van der Waals surface area contributed by atoms with Gasteiger partial charge in [0.05, 0.1) is 10.6 Å². The van der Waals surface area contributed by atoms with Gasteiger partial charge >= 0.3 is 6.18 Å². The van der Waals surface area contributed by atoms with Crippen LogP contribution in [0.15, 0.2) is 12.3 Å². The molecule has 2 aromatic rings. The number of hydrogen-bond donors (Lipinski definition) is 0. The van der Waals surface area contributed by atoms with E-state index < -0.39 is 11.7 Å². The molecule has 0 atom stereocenters. The van der Waals surface area contributed by atoms with Crippen molar-refractivity contribution < 1.29 is 13.2 Å². The normalized spacial score (nSPS) is 11.7. The summed E-state index contributed by atoms with van der Waals surface area (Å²) in [4.78, 5) is 5.25. The predicted octanol–water partition coefficient (Wildman–Crippen LogP) is 1.80. The third-order valence-electron chi connectivity index (χ3n) is 2.20. The van der Waals surface area contributed by atoms with E-state index in [9.17, 15) is 13.2 Å². The smallest absolute Gasteiger partial charge is 0.345 e. The van der Waals surface area contributed by atoms with Crippen molar-refractivity contribution in [3.05, 3.63) is 22.8 Å². The molecule has 19 heavy (non-hydrogen) atoms. The Morgan fingerprint density at radius 3 is 2.53 bits per heavy atom. The van der Waals surface area contributed by atoms with Crippen LogP contribution in [0, 0.1) is 0 Å². The lowest BCUT2D eigenvalue weighted by Gasteiger charge is -2.12. The first kappa shape index (κ1) is 13.5. The van der Waals surface area contributed by atoms with Crippen molar-refractivity contribution >= 4 is 17.5 Å². The molecule has 0 bridgehead atoms. The van der Waals surface area contributed by atoms with Gasteiger partial charge in [-0.3, -0.25) is 0 Å². The van der Waals surface area contributed by atoms with Crippen LogP contribution < -0.4 is 4.90 Å². The maximum Gasteiger partial charge on any atom is 0.417 e. The van der Waals surface area contributed by atoms with Crippen LogP contribution in [-0.4, -0.2) is 39.3 Å². The number of halogens is 4. The number of tetrazole rings is 1. The van der Waals surface area contributed by atoms with E-state index in [1.165, 1.54) is 0 Å². The second-order valence-electron chi connectivity index (χ2n) is 3.81. The molecule has 0 saturated carbocycles. The van der Waals surface area contributed by atoms with E-state index in [1.54, 1.807) is 19.0 Å². The molecule has 2 rings (SSSR count). The fourth-order valence-corrected chi connectivity index (χ4v) is 1.59. The lowest BCUT2D eigenvalue weighted by atomic mass is 10.3. The minimum Gasteiger partial charge on any atom is -0.345 e. The summed E-state index contributed by atoms with van der Waals surface area (Å²) in [5, 5.41) is 10.6. The van der Waals surface area contributed by atoms with E-state index in [1.807, 2.05) is 0 Å². The summed E-state index contributed by atoms with van der Waals surface area (Å²) in [6.45, 7) is 0. The average molecular weight is 293 g/mol. The van der Waals surface area contributed by atoms with E-state index >= 15 is 0 Å². The van der Waals surface area contributed by atoms with Gasteiger partial charge in [-0.1, -0.05) is 16.7 Å². The molecule has 0 aliphatic rings. The maximum atomic E-state index is 12.5. The second kappa shape index (κ2) is 4.65. The average Bonchev–Trinajstić information content (AvgIpc) is 2.76. The largest absolute Gasteiger partial charge is 0.417 e. The van der Waals surface area contributed by atoms with Crippen molar-refractivity contribution in [3.63, 3.8) is 0 Å². The van der Waals surface area contributed by atoms with E-state index in [-0.39, 0.29) is 10.8 Å². The zero-order valence-corrected chi connectivity index (χ0v) is 10.6. The monoisotopic (exact) mass is 292 g/mol. The number of rotatable bonds is 2. The summed E-state index contributed by atoms with van der Waals surface area (Å²) in [7, 11) is 3.36. The van der Waals surface area contributed by atoms with Gasteiger partial charge in [-0.2, -0.15) is 17.9 Å². The zero-order valence-electron chi connectivity index (χ0n) is 9.85. The molecule has 0 fully saturated rings. The van der Waals surface area contributed by atoms with Gasteiger partial charge in [0.15, 0.2) is 5.82 Å². The second-order valence-corrected chi connectivity index (χ2v) is 4.22. The van der Waals surface area contributed by atoms with Crippen molar-refractivity contribution in [2.75, 3.05) is 19.0 Å². The van der Waals surface area contributed by atoms with E-state index in [0.717, 1.165) is 10.7 Å². The Morgan fingerprint density at radius 1 is 1.32 bits per heavy atom. The van der Waals surface area contributed by atoms with Crippen LogP contribution in [0.4, 0.5) is 19.1 Å². The number of alkyl halides is 3. The highest BCUT2D eigenvalue weighted by Gasteiger charge is 2.32. The first-order valence-electron chi connectivity index (χ1n) is 4.99. The summed E-state index contributed by atoms with van der Waals surface area (Å²) in [6.07, 6.45) is -3.82. The topological polar surface area (TPSA) is 59.7 Å². The van der Waals surface area contributed by atoms with E-state index in [2.05, 4.69) is 20.5 Å². The molecule has 0 radical (unpaired) electrons. The molecule has 0 aliphatic heterocycles. The number of pyridine rings is 1. The van der Waals surface area contributed by atoms with Gasteiger partial charge in [0.25, 0.3) is 5.95 Å². The number of anilines is 1. The highest BCUT2D eigenvalue weighted by atomic mass is 35.5. The Morgan fingerprint density at radius 2 is 2.00 bits per heavy atom. The van der Waals surface area contributed by atoms with Crippen LogP contribution in [0.3, 0.4) is 0 Å². The van der Waals surface area contributed by atoms with Crippen molar-refractivity contribution in [3.8, 4) is 5.82 Å². The molecule has 0 amide bonds. The van der Waals surface area contributed by atoms with Crippen LogP contribution in [-0.2, 0) is 6.18 Å². The fraction of sp³-hybridized carbons (Fsp3) is 0.333. The molecular formula is C9H8ClF3N6. The molecule has 0 aliphatic carbocycles. The molecule has 0 N–H and O–H groups in total. The number of nitrogens with zero attached hydrogens (tertiary/aromatic N) is 6. The molecular weight excluding hydrogens is 285 g/mol. The Bertz CT molecular complexity index is 594. The Hall–Kier alpha value is -1.90. The van der Waals surface area contributed by atoms with Gasteiger partial charge in [-0.25, -0.2) is 4.98 Å². The van der Waals surface area contributed by atoms with Gasteiger partial charge in [0.1, 0.15) is 0 Å². The van der Waals surface area contributed by atoms with Gasteiger partial charge in [-0.05, 0) is 16.5 Å². The molecule has 2 heterocycles. The highest BCUT2D eigenvalue weighted by molar-refractivity contribution is 6.32. The summed E-state index contributed by atoms with van der Waals surface area (Å²) >= 11 is 5.81. The first-order chi connectivity index (χ1) is 8.80. The minimum atomic E-state index is -4.50. The van der Waals surface area contributed by atoms with Crippen molar-refractivity contribution in [2.45, 2.75) is 6.18 Å². The predicted molar refractivity (Wildman–Crippen MR) is 61.3 cm³/mol. The van der Waals surface area contributed by atoms with Crippen molar-refractivity contribution in [2.24, 2.45) is 0 Å². The summed E-state index contributed by atoms with van der Waals surface area (Å²) in [5.74, 6) is 0.331.